The van der Waals surface area contributed by atoms with Crippen LogP contribution in [0.4, 0.5) is 5.82 Å². The van der Waals surface area contributed by atoms with E-state index in [9.17, 15) is 4.79 Å². The number of benzene rings is 1. The summed E-state index contributed by atoms with van der Waals surface area (Å²) in [4.78, 5) is 12.5. The molecule has 1 N–H and O–H groups in total. The van der Waals surface area contributed by atoms with Gasteiger partial charge >= 0.3 is 0 Å². The molecule has 0 radical (unpaired) electrons. The number of carbonyl (C=O) groups is 1. The second-order valence-corrected chi connectivity index (χ2v) is 7.08. The van der Waals surface area contributed by atoms with Gasteiger partial charge in [-0.25, -0.2) is 0 Å². The molecule has 0 atom stereocenters. The zero-order valence-electron chi connectivity index (χ0n) is 13.4. The van der Waals surface area contributed by atoms with Crippen molar-refractivity contribution in [1.82, 2.24) is 19.6 Å². The molecule has 0 spiro atoms. The normalized spacial score (nSPS) is 10.9. The molecule has 0 saturated carbocycles. The molecule has 0 aliphatic heterocycles. The van der Waals surface area contributed by atoms with Crippen molar-refractivity contribution >= 4 is 50.9 Å². The fraction of sp³-hybridized carbons (Fsp3) is 0.188. The van der Waals surface area contributed by atoms with Gasteiger partial charge in [0.2, 0.25) is 0 Å². The standard InChI is InChI=1S/C16H14BrCl2N5O/c1-9-13(19)14(23(2)21-9)16(25)20-15-11(17)8-24(22-15)7-10-5-3-4-6-12(10)18/h3-6,8H,7H2,1-2H3,(H,20,22,25). The van der Waals surface area contributed by atoms with Crippen molar-refractivity contribution in [2.75, 3.05) is 5.32 Å². The summed E-state index contributed by atoms with van der Waals surface area (Å²) in [6.07, 6.45) is 1.77. The third kappa shape index (κ3) is 3.73. The fourth-order valence-electron chi connectivity index (χ4n) is 2.41. The molecule has 0 aliphatic carbocycles. The average molecular weight is 443 g/mol. The van der Waals surface area contributed by atoms with Gasteiger partial charge in [-0.05, 0) is 34.5 Å². The molecule has 3 rings (SSSR count). The molecule has 3 aromatic rings. The number of hydrogen-bond acceptors (Lipinski definition) is 3. The van der Waals surface area contributed by atoms with E-state index in [1.54, 1.807) is 24.9 Å². The highest BCUT2D eigenvalue weighted by Gasteiger charge is 2.20. The van der Waals surface area contributed by atoms with Crippen molar-refractivity contribution in [2.45, 2.75) is 13.5 Å². The Kier molecular flexibility index (Phi) is 5.17. The van der Waals surface area contributed by atoms with Gasteiger partial charge in [-0.3, -0.25) is 14.2 Å². The molecule has 0 fully saturated rings. The smallest absolute Gasteiger partial charge is 0.276 e. The van der Waals surface area contributed by atoms with Crippen LogP contribution in [-0.2, 0) is 13.6 Å². The van der Waals surface area contributed by atoms with E-state index in [2.05, 4.69) is 31.4 Å². The molecule has 6 nitrogen and oxygen atoms in total. The molecule has 25 heavy (non-hydrogen) atoms. The van der Waals surface area contributed by atoms with Gasteiger partial charge < -0.3 is 5.32 Å². The minimum absolute atomic E-state index is 0.284. The second kappa shape index (κ2) is 7.19. The monoisotopic (exact) mass is 441 g/mol. The maximum atomic E-state index is 12.5. The number of rotatable bonds is 4. The van der Waals surface area contributed by atoms with Crippen molar-refractivity contribution in [2.24, 2.45) is 7.05 Å². The minimum Gasteiger partial charge on any atom is -0.303 e. The molecule has 0 unspecified atom stereocenters. The Morgan fingerprint density at radius 2 is 2.00 bits per heavy atom. The Hall–Kier alpha value is -1.83. The number of halogens is 3. The van der Waals surface area contributed by atoms with Crippen molar-refractivity contribution in [3.05, 3.63) is 61.9 Å². The van der Waals surface area contributed by atoms with Crippen LogP contribution in [0, 0.1) is 6.92 Å². The van der Waals surface area contributed by atoms with Crippen LogP contribution in [0.5, 0.6) is 0 Å². The molecule has 0 bridgehead atoms. The highest BCUT2D eigenvalue weighted by molar-refractivity contribution is 9.10. The first-order valence-corrected chi connectivity index (χ1v) is 8.88. The average Bonchev–Trinajstić information content (AvgIpc) is 3.01. The molecule has 9 heteroatoms. The topological polar surface area (TPSA) is 64.7 Å². The lowest BCUT2D eigenvalue weighted by molar-refractivity contribution is 0.101. The summed E-state index contributed by atoms with van der Waals surface area (Å²) in [6.45, 7) is 2.23. The highest BCUT2D eigenvalue weighted by atomic mass is 79.9. The van der Waals surface area contributed by atoms with Crippen LogP contribution < -0.4 is 5.32 Å². The zero-order valence-corrected chi connectivity index (χ0v) is 16.5. The van der Waals surface area contributed by atoms with Crippen LogP contribution in [0.3, 0.4) is 0 Å². The lowest BCUT2D eigenvalue weighted by Crippen LogP contribution is -2.17. The second-order valence-electron chi connectivity index (χ2n) is 5.44. The van der Waals surface area contributed by atoms with E-state index in [1.165, 1.54) is 4.68 Å². The first kappa shape index (κ1) is 18.0. The third-order valence-corrected chi connectivity index (χ3v) is 5.00. The van der Waals surface area contributed by atoms with Crippen molar-refractivity contribution < 1.29 is 4.79 Å². The van der Waals surface area contributed by atoms with Gasteiger partial charge in [0.1, 0.15) is 5.69 Å². The zero-order chi connectivity index (χ0) is 18.1. The van der Waals surface area contributed by atoms with Crippen molar-refractivity contribution in [3.8, 4) is 0 Å². The Morgan fingerprint density at radius 3 is 2.64 bits per heavy atom. The maximum Gasteiger partial charge on any atom is 0.276 e. The van der Waals surface area contributed by atoms with Gasteiger partial charge in [0.25, 0.3) is 5.91 Å². The SMILES string of the molecule is Cc1nn(C)c(C(=O)Nc2nn(Cc3ccccc3Cl)cc2Br)c1Cl. The van der Waals surface area contributed by atoms with Gasteiger partial charge in [0.15, 0.2) is 5.82 Å². The van der Waals surface area contributed by atoms with E-state index in [-0.39, 0.29) is 11.6 Å². The van der Waals surface area contributed by atoms with E-state index in [0.717, 1.165) is 5.56 Å². The number of hydrogen-bond donors (Lipinski definition) is 1. The lowest BCUT2D eigenvalue weighted by Gasteiger charge is -2.05. The van der Waals surface area contributed by atoms with Crippen LogP contribution in [0.2, 0.25) is 10.0 Å². The largest absolute Gasteiger partial charge is 0.303 e. The number of amides is 1. The lowest BCUT2D eigenvalue weighted by atomic mass is 10.2. The summed E-state index contributed by atoms with van der Waals surface area (Å²) in [5.74, 6) is 0.0174. The summed E-state index contributed by atoms with van der Waals surface area (Å²) < 4.78 is 3.79. The molecule has 1 aromatic carbocycles. The van der Waals surface area contributed by atoms with E-state index < -0.39 is 0 Å². The number of aromatic nitrogens is 4. The first-order chi connectivity index (χ1) is 11.9. The summed E-state index contributed by atoms with van der Waals surface area (Å²) >= 11 is 15.7. The quantitative estimate of drug-likeness (QED) is 0.655. The summed E-state index contributed by atoms with van der Waals surface area (Å²) in [5, 5.41) is 12.3. The Morgan fingerprint density at radius 1 is 1.28 bits per heavy atom. The number of nitrogens with one attached hydrogen (secondary N) is 1. The van der Waals surface area contributed by atoms with Crippen LogP contribution in [0.1, 0.15) is 21.7 Å². The molecule has 2 aromatic heterocycles. The maximum absolute atomic E-state index is 12.5. The van der Waals surface area contributed by atoms with E-state index >= 15 is 0 Å². The van der Waals surface area contributed by atoms with Gasteiger partial charge in [0.05, 0.1) is 21.7 Å². The Bertz CT molecular complexity index is 950. The molecule has 1 amide bonds. The molecular weight excluding hydrogens is 429 g/mol. The van der Waals surface area contributed by atoms with Gasteiger partial charge in [-0.15, -0.1) is 0 Å². The predicted octanol–water partition coefficient (Wildman–Crippen LogP) is 4.29. The minimum atomic E-state index is -0.378. The fourth-order valence-corrected chi connectivity index (χ4v) is 3.27. The van der Waals surface area contributed by atoms with Crippen LogP contribution in [-0.4, -0.2) is 25.5 Å². The van der Waals surface area contributed by atoms with E-state index in [1.807, 2.05) is 24.3 Å². The summed E-state index contributed by atoms with van der Waals surface area (Å²) in [7, 11) is 1.67. The van der Waals surface area contributed by atoms with E-state index in [4.69, 9.17) is 23.2 Å². The van der Waals surface area contributed by atoms with Crippen molar-refractivity contribution in [1.29, 1.82) is 0 Å². The van der Waals surface area contributed by atoms with Crippen LogP contribution in [0.25, 0.3) is 0 Å². The number of anilines is 1. The van der Waals surface area contributed by atoms with Gasteiger partial charge in [-0.1, -0.05) is 41.4 Å². The van der Waals surface area contributed by atoms with Crippen molar-refractivity contribution in [3.63, 3.8) is 0 Å². The molecule has 130 valence electrons. The number of nitrogens with zero attached hydrogens (tertiary/aromatic N) is 4. The summed E-state index contributed by atoms with van der Waals surface area (Å²) in [6, 6.07) is 7.53. The molecule has 0 saturated heterocycles. The summed E-state index contributed by atoms with van der Waals surface area (Å²) in [5.41, 5.74) is 1.81. The molecule has 0 aliphatic rings. The van der Waals surface area contributed by atoms with Gasteiger partial charge in [0, 0.05) is 18.3 Å². The van der Waals surface area contributed by atoms with Gasteiger partial charge in [-0.2, -0.15) is 10.2 Å². The van der Waals surface area contributed by atoms with Crippen LogP contribution >= 0.6 is 39.1 Å². The molecular formula is C16H14BrCl2N5O. The van der Waals surface area contributed by atoms with Crippen LogP contribution in [0.15, 0.2) is 34.9 Å². The Labute approximate surface area is 162 Å². The number of carbonyl (C=O) groups excluding carboxylic acids is 1. The first-order valence-electron chi connectivity index (χ1n) is 7.33. The predicted molar refractivity (Wildman–Crippen MR) is 101 cm³/mol. The highest BCUT2D eigenvalue weighted by Crippen LogP contribution is 2.25. The Balaban J connectivity index is 1.81. The molecule has 2 heterocycles. The van der Waals surface area contributed by atoms with E-state index in [0.29, 0.717) is 32.6 Å². The third-order valence-electron chi connectivity index (χ3n) is 3.60. The number of aryl methyl sites for hydroxylation is 2.